The van der Waals surface area contributed by atoms with Gasteiger partial charge in [0, 0.05) is 0 Å². The topological polar surface area (TPSA) is 171 Å². The molecule has 2 aromatic rings. The van der Waals surface area contributed by atoms with Crippen LogP contribution in [0.25, 0.3) is 0 Å². The van der Waals surface area contributed by atoms with Gasteiger partial charge in [-0.2, -0.15) is 0 Å². The fourth-order valence-electron chi connectivity index (χ4n) is 1.57. The molecule has 2 rings (SSSR count). The van der Waals surface area contributed by atoms with Crippen molar-refractivity contribution < 1.29 is 36.4 Å². The van der Waals surface area contributed by atoms with Crippen LogP contribution in [0, 0.1) is 0 Å². The molecule has 0 aromatic carbocycles. The molecule has 0 unspecified atom stereocenters. The Labute approximate surface area is 141 Å². The van der Waals surface area contributed by atoms with Crippen LogP contribution >= 0.6 is 0 Å². The summed E-state index contributed by atoms with van der Waals surface area (Å²) in [4.78, 5) is 34.6. The first-order chi connectivity index (χ1) is 11.8. The first-order valence-corrected chi connectivity index (χ1v) is 8.20. The van der Waals surface area contributed by atoms with Gasteiger partial charge in [-0.15, -0.1) is 0 Å². The quantitative estimate of drug-likeness (QED) is 0.581. The van der Waals surface area contributed by atoms with Crippen molar-refractivity contribution in [2.75, 3.05) is 6.61 Å². The number of primary sulfonamides is 1. The normalized spacial score (nSPS) is 10.9. The number of carbonyl (C=O) groups is 3. The fraction of sp³-hybridized carbons (Fsp3) is 0.154. The molecule has 4 N–H and O–H groups in total. The molecule has 3 amide bonds. The van der Waals surface area contributed by atoms with E-state index in [1.165, 1.54) is 6.26 Å². The first kappa shape index (κ1) is 18.2. The molecule has 0 spiro atoms. The van der Waals surface area contributed by atoms with Crippen LogP contribution in [0.5, 0.6) is 0 Å². The average Bonchev–Trinajstić information content (AvgIpc) is 3.21. The van der Waals surface area contributed by atoms with E-state index in [2.05, 4.69) is 10.1 Å². The molecule has 0 radical (unpaired) electrons. The second kappa shape index (κ2) is 7.63. The number of esters is 1. The maximum Gasteiger partial charge on any atom is 0.374 e. The van der Waals surface area contributed by atoms with Gasteiger partial charge >= 0.3 is 12.0 Å². The molecule has 2 aromatic heterocycles. The average molecular weight is 371 g/mol. The number of ether oxygens (including phenoxy) is 1. The Kier molecular flexibility index (Phi) is 5.56. The van der Waals surface area contributed by atoms with Crippen LogP contribution in [-0.2, 0) is 26.1 Å². The molecule has 11 nitrogen and oxygen atoms in total. The summed E-state index contributed by atoms with van der Waals surface area (Å²) in [6.07, 6.45) is 1.43. The van der Waals surface area contributed by atoms with Gasteiger partial charge in [-0.05, 0) is 24.3 Å². The van der Waals surface area contributed by atoms with Gasteiger partial charge in [0.25, 0.3) is 15.9 Å². The number of carbonyl (C=O) groups excluding carboxylic acids is 3. The number of nitrogens with two attached hydrogens (primary N) is 1. The zero-order valence-corrected chi connectivity index (χ0v) is 13.4. The Morgan fingerprint density at radius 2 is 1.96 bits per heavy atom. The van der Waals surface area contributed by atoms with Crippen molar-refractivity contribution in [3.05, 3.63) is 42.0 Å². The van der Waals surface area contributed by atoms with Gasteiger partial charge in [0.1, 0.15) is 5.76 Å². The number of nitrogens with one attached hydrogen (secondary N) is 2. The molecule has 0 atom stereocenters. The summed E-state index contributed by atoms with van der Waals surface area (Å²) in [5, 5.41) is 8.47. The van der Waals surface area contributed by atoms with Gasteiger partial charge < -0.3 is 18.9 Å². The minimum atomic E-state index is -4.10. The number of furan rings is 2. The van der Waals surface area contributed by atoms with E-state index in [0.717, 1.165) is 12.1 Å². The molecule has 12 heteroatoms. The Morgan fingerprint density at radius 1 is 1.20 bits per heavy atom. The molecule has 0 saturated heterocycles. The predicted molar refractivity (Wildman–Crippen MR) is 79.5 cm³/mol. The van der Waals surface area contributed by atoms with Gasteiger partial charge in [-0.1, -0.05) is 0 Å². The van der Waals surface area contributed by atoms with E-state index in [-0.39, 0.29) is 6.54 Å². The Hall–Kier alpha value is -3.12. The van der Waals surface area contributed by atoms with E-state index < -0.39 is 45.4 Å². The summed E-state index contributed by atoms with van der Waals surface area (Å²) in [5.74, 6) is -1.97. The van der Waals surface area contributed by atoms with Crippen molar-refractivity contribution in [2.24, 2.45) is 5.14 Å². The third kappa shape index (κ3) is 5.47. The van der Waals surface area contributed by atoms with Crippen molar-refractivity contribution in [2.45, 2.75) is 11.6 Å². The number of hydrogen-bond acceptors (Lipinski definition) is 8. The van der Waals surface area contributed by atoms with Gasteiger partial charge in [0.15, 0.2) is 6.61 Å². The van der Waals surface area contributed by atoms with Crippen LogP contribution in [0.3, 0.4) is 0 Å². The van der Waals surface area contributed by atoms with Crippen LogP contribution in [0.15, 0.2) is 44.5 Å². The molecule has 0 aliphatic rings. The first-order valence-electron chi connectivity index (χ1n) is 6.65. The van der Waals surface area contributed by atoms with Gasteiger partial charge in [-0.3, -0.25) is 10.1 Å². The van der Waals surface area contributed by atoms with Crippen LogP contribution in [-0.4, -0.2) is 32.9 Å². The molecule has 2 heterocycles. The highest BCUT2D eigenvalue weighted by Gasteiger charge is 2.19. The molecule has 0 fully saturated rings. The van der Waals surface area contributed by atoms with Crippen molar-refractivity contribution in [1.29, 1.82) is 0 Å². The minimum Gasteiger partial charge on any atom is -0.467 e. The lowest BCUT2D eigenvalue weighted by molar-refractivity contribution is -0.123. The minimum absolute atomic E-state index is 0.0641. The molecule has 0 aliphatic heterocycles. The van der Waals surface area contributed by atoms with Gasteiger partial charge in [0.05, 0.1) is 12.8 Å². The number of amides is 3. The van der Waals surface area contributed by atoms with Crippen molar-refractivity contribution in [3.8, 4) is 0 Å². The van der Waals surface area contributed by atoms with E-state index >= 15 is 0 Å². The molecule has 0 saturated carbocycles. The van der Waals surface area contributed by atoms with Gasteiger partial charge in [-0.25, -0.2) is 23.1 Å². The van der Waals surface area contributed by atoms with E-state index in [9.17, 15) is 22.8 Å². The Morgan fingerprint density at radius 3 is 2.56 bits per heavy atom. The summed E-state index contributed by atoms with van der Waals surface area (Å²) in [6.45, 7) is -0.715. The summed E-state index contributed by atoms with van der Waals surface area (Å²) >= 11 is 0. The number of rotatable bonds is 6. The monoisotopic (exact) mass is 371 g/mol. The molecule has 134 valence electrons. The molecule has 0 bridgehead atoms. The van der Waals surface area contributed by atoms with Crippen LogP contribution in [0.2, 0.25) is 0 Å². The van der Waals surface area contributed by atoms with Crippen LogP contribution in [0.4, 0.5) is 4.79 Å². The summed E-state index contributed by atoms with van der Waals surface area (Å²) in [7, 11) is -4.10. The zero-order valence-electron chi connectivity index (χ0n) is 12.6. The highest BCUT2D eigenvalue weighted by molar-refractivity contribution is 7.89. The van der Waals surface area contributed by atoms with E-state index in [0.29, 0.717) is 5.76 Å². The van der Waals surface area contributed by atoms with Crippen LogP contribution < -0.4 is 15.8 Å². The van der Waals surface area contributed by atoms with Crippen LogP contribution in [0.1, 0.15) is 16.3 Å². The second-order valence-electron chi connectivity index (χ2n) is 4.55. The third-order valence-electron chi connectivity index (χ3n) is 2.65. The standard InChI is InChI=1S/C13H13N3O8S/c14-25(20,21)11-4-3-9(24-11)12(18)23-7-10(17)16-13(19)15-6-8-2-1-5-22-8/h1-5H,6-7H2,(H2,14,20,21)(H2,15,16,17,19). The highest BCUT2D eigenvalue weighted by Crippen LogP contribution is 2.12. The number of hydrogen-bond donors (Lipinski definition) is 3. The number of urea groups is 1. The number of sulfonamides is 1. The summed E-state index contributed by atoms with van der Waals surface area (Å²) in [6, 6.07) is 4.44. The lowest BCUT2D eigenvalue weighted by Crippen LogP contribution is -2.41. The van der Waals surface area contributed by atoms with Crippen molar-refractivity contribution >= 4 is 27.9 Å². The maximum absolute atomic E-state index is 11.6. The Bertz CT molecular complexity index is 869. The lowest BCUT2D eigenvalue weighted by Gasteiger charge is -2.05. The maximum atomic E-state index is 11.6. The molecular weight excluding hydrogens is 358 g/mol. The van der Waals surface area contributed by atoms with Crippen molar-refractivity contribution in [3.63, 3.8) is 0 Å². The smallest absolute Gasteiger partial charge is 0.374 e. The van der Waals surface area contributed by atoms with E-state index in [1.54, 1.807) is 12.1 Å². The van der Waals surface area contributed by atoms with E-state index in [4.69, 9.17) is 14.0 Å². The predicted octanol–water partition coefficient (Wildman–Crippen LogP) is -0.297. The SMILES string of the molecule is NS(=O)(=O)c1ccc(C(=O)OCC(=O)NC(=O)NCc2ccco2)o1. The molecular formula is C13H13N3O8S. The molecule has 25 heavy (non-hydrogen) atoms. The lowest BCUT2D eigenvalue weighted by atomic mass is 10.4. The largest absolute Gasteiger partial charge is 0.467 e. The van der Waals surface area contributed by atoms with E-state index in [1.807, 2.05) is 5.32 Å². The fourth-order valence-corrected chi connectivity index (χ4v) is 2.04. The highest BCUT2D eigenvalue weighted by atomic mass is 32.2. The van der Waals surface area contributed by atoms with Gasteiger partial charge in [0.2, 0.25) is 10.9 Å². The third-order valence-corrected chi connectivity index (χ3v) is 3.43. The summed E-state index contributed by atoms with van der Waals surface area (Å²) < 4.78 is 36.3. The number of imide groups is 1. The second-order valence-corrected chi connectivity index (χ2v) is 6.04. The Balaban J connectivity index is 1.76. The summed E-state index contributed by atoms with van der Waals surface area (Å²) in [5.41, 5.74) is 0. The molecule has 0 aliphatic carbocycles. The van der Waals surface area contributed by atoms with Crippen molar-refractivity contribution in [1.82, 2.24) is 10.6 Å². The zero-order chi connectivity index (χ0) is 18.4.